The molecule has 0 spiro atoms. The van der Waals surface area contributed by atoms with Crippen LogP contribution in [0.1, 0.15) is 18.9 Å². The Bertz CT molecular complexity index is 674. The Hall–Kier alpha value is -1.85. The van der Waals surface area contributed by atoms with Crippen molar-refractivity contribution in [3.63, 3.8) is 0 Å². The number of aryl methyl sites for hydroxylation is 1. The molecule has 1 aromatic carbocycles. The normalized spacial score (nSPS) is 15.7. The fourth-order valence-corrected chi connectivity index (χ4v) is 3.43. The highest BCUT2D eigenvalue weighted by atomic mass is 16.5. The van der Waals surface area contributed by atoms with E-state index in [0.29, 0.717) is 6.61 Å². The number of hydrogen-bond acceptors (Lipinski definition) is 4. The number of benzene rings is 1. The zero-order chi connectivity index (χ0) is 16.8. The molecule has 1 saturated heterocycles. The number of para-hydroxylation sites is 1. The molecule has 5 heteroatoms. The second-order valence-electron chi connectivity index (χ2n) is 6.30. The average Bonchev–Trinajstić information content (AvgIpc) is 2.94. The number of fused-ring (bicyclic) bond motifs is 1. The second kappa shape index (κ2) is 8.31. The highest BCUT2D eigenvalue weighted by molar-refractivity contribution is 5.85. The number of esters is 1. The maximum Gasteiger partial charge on any atom is 0.325 e. The number of carbonyl (C=O) groups excluding carboxylic acids is 1. The van der Waals surface area contributed by atoms with E-state index in [1.165, 1.54) is 10.9 Å². The molecule has 2 aromatic rings. The molecule has 1 aliphatic rings. The van der Waals surface area contributed by atoms with Gasteiger partial charge in [-0.05, 0) is 37.9 Å². The molecular formula is C19H27N3O2. The summed E-state index contributed by atoms with van der Waals surface area (Å²) in [6, 6.07) is 8.32. The van der Waals surface area contributed by atoms with E-state index in [1.54, 1.807) is 0 Å². The van der Waals surface area contributed by atoms with Gasteiger partial charge in [0.25, 0.3) is 0 Å². The van der Waals surface area contributed by atoms with Crippen LogP contribution in [0.2, 0.25) is 0 Å². The predicted molar refractivity (Wildman–Crippen MR) is 96.2 cm³/mol. The molecule has 0 saturated carbocycles. The van der Waals surface area contributed by atoms with Gasteiger partial charge in [-0.3, -0.25) is 4.79 Å². The van der Waals surface area contributed by atoms with Crippen LogP contribution in [0.3, 0.4) is 0 Å². The van der Waals surface area contributed by atoms with Gasteiger partial charge in [0.15, 0.2) is 0 Å². The molecule has 0 atom stereocenters. The van der Waals surface area contributed by atoms with Gasteiger partial charge in [0.2, 0.25) is 0 Å². The van der Waals surface area contributed by atoms with Crippen molar-refractivity contribution in [3.05, 3.63) is 36.0 Å². The summed E-state index contributed by atoms with van der Waals surface area (Å²) < 4.78 is 7.11. The third kappa shape index (κ3) is 4.16. The van der Waals surface area contributed by atoms with Gasteiger partial charge < -0.3 is 19.5 Å². The quantitative estimate of drug-likeness (QED) is 0.790. The summed E-state index contributed by atoms with van der Waals surface area (Å²) in [5, 5.41) is 4.64. The summed E-state index contributed by atoms with van der Waals surface area (Å²) in [6.45, 7) is 8.17. The monoisotopic (exact) mass is 329 g/mol. The smallest absolute Gasteiger partial charge is 0.325 e. The van der Waals surface area contributed by atoms with Crippen LogP contribution in [0.25, 0.3) is 10.9 Å². The first kappa shape index (κ1) is 17.0. The molecule has 0 amide bonds. The number of aromatic nitrogens is 1. The van der Waals surface area contributed by atoms with Gasteiger partial charge in [-0.2, -0.15) is 0 Å². The van der Waals surface area contributed by atoms with Crippen molar-refractivity contribution < 1.29 is 9.53 Å². The van der Waals surface area contributed by atoms with E-state index in [9.17, 15) is 4.79 Å². The van der Waals surface area contributed by atoms with Crippen molar-refractivity contribution >= 4 is 16.9 Å². The van der Waals surface area contributed by atoms with Gasteiger partial charge >= 0.3 is 5.97 Å². The fraction of sp³-hybridized carbons (Fsp3) is 0.526. The van der Waals surface area contributed by atoms with Crippen LogP contribution in [0.5, 0.6) is 0 Å². The highest BCUT2D eigenvalue weighted by Crippen LogP contribution is 2.22. The molecule has 0 unspecified atom stereocenters. The van der Waals surface area contributed by atoms with E-state index in [2.05, 4.69) is 34.6 Å². The average molecular weight is 329 g/mol. The number of rotatable bonds is 7. The van der Waals surface area contributed by atoms with Gasteiger partial charge in [0.05, 0.1) is 6.61 Å². The Morgan fingerprint density at radius 2 is 2.04 bits per heavy atom. The first-order valence-corrected chi connectivity index (χ1v) is 8.93. The van der Waals surface area contributed by atoms with Gasteiger partial charge in [-0.1, -0.05) is 18.2 Å². The molecule has 24 heavy (non-hydrogen) atoms. The van der Waals surface area contributed by atoms with Crippen molar-refractivity contribution in [3.8, 4) is 0 Å². The zero-order valence-electron chi connectivity index (χ0n) is 14.5. The van der Waals surface area contributed by atoms with Crippen LogP contribution < -0.4 is 5.32 Å². The summed E-state index contributed by atoms with van der Waals surface area (Å²) >= 11 is 0. The number of nitrogens with zero attached hydrogens (tertiary/aromatic N) is 2. The van der Waals surface area contributed by atoms with Crippen LogP contribution in [0.4, 0.5) is 0 Å². The van der Waals surface area contributed by atoms with Crippen LogP contribution >= 0.6 is 0 Å². The Balaban J connectivity index is 1.67. The zero-order valence-corrected chi connectivity index (χ0v) is 14.5. The molecule has 1 aromatic heterocycles. The van der Waals surface area contributed by atoms with E-state index < -0.39 is 0 Å². The van der Waals surface area contributed by atoms with Crippen LogP contribution in [0.15, 0.2) is 30.5 Å². The summed E-state index contributed by atoms with van der Waals surface area (Å²) in [5.74, 6) is -0.175. The number of piperazine rings is 1. The van der Waals surface area contributed by atoms with Crippen LogP contribution in [0, 0.1) is 0 Å². The number of carbonyl (C=O) groups is 1. The number of nitrogens with one attached hydrogen (secondary N) is 1. The lowest BCUT2D eigenvalue weighted by atomic mass is 10.1. The Morgan fingerprint density at radius 1 is 1.25 bits per heavy atom. The first-order chi connectivity index (χ1) is 11.8. The molecule has 0 bridgehead atoms. The molecule has 1 aliphatic heterocycles. The summed E-state index contributed by atoms with van der Waals surface area (Å²) in [6.07, 6.45) is 4.31. The van der Waals surface area contributed by atoms with Crippen molar-refractivity contribution in [2.45, 2.75) is 26.3 Å². The van der Waals surface area contributed by atoms with Gasteiger partial charge in [0, 0.05) is 43.3 Å². The molecule has 5 nitrogen and oxygen atoms in total. The van der Waals surface area contributed by atoms with E-state index in [-0.39, 0.29) is 12.5 Å². The Morgan fingerprint density at radius 3 is 2.83 bits per heavy atom. The first-order valence-electron chi connectivity index (χ1n) is 8.93. The van der Waals surface area contributed by atoms with Crippen molar-refractivity contribution in [2.24, 2.45) is 0 Å². The predicted octanol–water partition coefficient (Wildman–Crippen LogP) is 2.04. The number of ether oxygens (including phenoxy) is 1. The third-order valence-electron chi connectivity index (χ3n) is 4.61. The fourth-order valence-electron chi connectivity index (χ4n) is 3.43. The van der Waals surface area contributed by atoms with Crippen LogP contribution in [-0.4, -0.2) is 54.8 Å². The molecule has 1 fully saturated rings. The van der Waals surface area contributed by atoms with Gasteiger partial charge in [-0.15, -0.1) is 0 Å². The molecule has 2 heterocycles. The van der Waals surface area contributed by atoms with E-state index in [4.69, 9.17) is 4.74 Å². The molecule has 3 rings (SSSR count). The lowest BCUT2D eigenvalue weighted by Gasteiger charge is -2.26. The Kier molecular flexibility index (Phi) is 5.88. The number of hydrogen-bond donors (Lipinski definition) is 1. The van der Waals surface area contributed by atoms with Gasteiger partial charge in [0.1, 0.15) is 6.54 Å². The van der Waals surface area contributed by atoms with Crippen molar-refractivity contribution in [2.75, 3.05) is 39.3 Å². The molecule has 1 N–H and O–H groups in total. The van der Waals surface area contributed by atoms with E-state index in [0.717, 1.165) is 51.1 Å². The highest BCUT2D eigenvalue weighted by Gasteiger charge is 2.13. The molecular weight excluding hydrogens is 302 g/mol. The third-order valence-corrected chi connectivity index (χ3v) is 4.61. The maximum absolute atomic E-state index is 11.8. The van der Waals surface area contributed by atoms with E-state index in [1.807, 2.05) is 17.6 Å². The summed E-state index contributed by atoms with van der Waals surface area (Å²) in [4.78, 5) is 14.4. The largest absolute Gasteiger partial charge is 0.465 e. The lowest BCUT2D eigenvalue weighted by Crippen LogP contribution is -2.43. The summed E-state index contributed by atoms with van der Waals surface area (Å²) in [7, 11) is 0. The molecule has 0 radical (unpaired) electrons. The SMILES string of the molecule is CCOC(=O)Cn1cc(CCCN2CCNCC2)c2ccccc21. The molecule has 130 valence electrons. The van der Waals surface area contributed by atoms with Crippen LogP contribution in [-0.2, 0) is 22.5 Å². The van der Waals surface area contributed by atoms with E-state index >= 15 is 0 Å². The minimum absolute atomic E-state index is 0.175. The van der Waals surface area contributed by atoms with Crippen molar-refractivity contribution in [1.82, 2.24) is 14.8 Å². The maximum atomic E-state index is 11.8. The molecule has 0 aliphatic carbocycles. The minimum Gasteiger partial charge on any atom is -0.465 e. The summed E-state index contributed by atoms with van der Waals surface area (Å²) in [5.41, 5.74) is 2.44. The topological polar surface area (TPSA) is 46.5 Å². The Labute approximate surface area is 143 Å². The van der Waals surface area contributed by atoms with Crippen molar-refractivity contribution in [1.29, 1.82) is 0 Å². The minimum atomic E-state index is -0.175. The second-order valence-corrected chi connectivity index (χ2v) is 6.30. The lowest BCUT2D eigenvalue weighted by molar-refractivity contribution is -0.143. The van der Waals surface area contributed by atoms with Gasteiger partial charge in [-0.25, -0.2) is 0 Å². The standard InChI is InChI=1S/C19H27N3O2/c1-2-24-19(23)15-22-14-16(17-7-3-4-8-18(17)22)6-5-11-21-12-9-20-10-13-21/h3-4,7-8,14,20H,2,5-6,9-13,15H2,1H3.